The number of nitrogens with zero attached hydrogens (tertiary/aromatic N) is 3. The monoisotopic (exact) mass is 328 g/mol. The summed E-state index contributed by atoms with van der Waals surface area (Å²) in [5, 5.41) is 0.385. The van der Waals surface area contributed by atoms with Crippen LogP contribution in [0.15, 0.2) is 41.5 Å². The first-order chi connectivity index (χ1) is 11.5. The Bertz CT molecular complexity index is 899. The van der Waals surface area contributed by atoms with Crippen LogP contribution < -0.4 is 5.43 Å². The lowest BCUT2D eigenvalue weighted by Crippen LogP contribution is -2.21. The molecule has 0 saturated carbocycles. The molecule has 1 aromatic carbocycles. The van der Waals surface area contributed by atoms with Crippen LogP contribution >= 0.6 is 0 Å². The standard InChI is InChI=1S/C18H21FN4O/c1-22(9-4-7-17-20-8-10-23(17)2)12-13-11-16(24)14-5-3-6-15(19)18(14)21-13/h3,5-6,8,10-11H,4,7,9,12H2,1-2H3,(H,21,24). The summed E-state index contributed by atoms with van der Waals surface area (Å²) in [5.41, 5.74) is 0.846. The number of benzene rings is 1. The summed E-state index contributed by atoms with van der Waals surface area (Å²) in [6.07, 6.45) is 5.60. The molecule has 0 aliphatic rings. The number of pyridine rings is 1. The Kier molecular flexibility index (Phi) is 4.76. The zero-order valence-corrected chi connectivity index (χ0v) is 13.9. The molecule has 0 amide bonds. The maximum absolute atomic E-state index is 13.9. The first kappa shape index (κ1) is 16.4. The van der Waals surface area contributed by atoms with Crippen molar-refractivity contribution in [3.05, 3.63) is 64.2 Å². The van der Waals surface area contributed by atoms with Crippen molar-refractivity contribution in [1.29, 1.82) is 0 Å². The van der Waals surface area contributed by atoms with Crippen LogP contribution in [0.25, 0.3) is 10.9 Å². The molecule has 126 valence electrons. The molecule has 0 atom stereocenters. The van der Waals surface area contributed by atoms with E-state index < -0.39 is 5.82 Å². The number of halogens is 1. The van der Waals surface area contributed by atoms with E-state index in [9.17, 15) is 9.18 Å². The van der Waals surface area contributed by atoms with E-state index in [2.05, 4.69) is 14.9 Å². The summed E-state index contributed by atoms with van der Waals surface area (Å²) in [4.78, 5) is 21.6. The molecule has 0 aliphatic heterocycles. The van der Waals surface area contributed by atoms with Crippen molar-refractivity contribution < 1.29 is 4.39 Å². The highest BCUT2D eigenvalue weighted by Gasteiger charge is 2.08. The van der Waals surface area contributed by atoms with E-state index in [1.165, 1.54) is 6.07 Å². The lowest BCUT2D eigenvalue weighted by Gasteiger charge is -2.17. The number of aromatic amines is 1. The molecule has 0 unspecified atom stereocenters. The van der Waals surface area contributed by atoms with Crippen LogP contribution in [-0.4, -0.2) is 33.0 Å². The van der Waals surface area contributed by atoms with E-state index in [1.54, 1.807) is 24.4 Å². The molecule has 2 aromatic heterocycles. The van der Waals surface area contributed by atoms with Crippen molar-refractivity contribution >= 4 is 10.9 Å². The van der Waals surface area contributed by atoms with Gasteiger partial charge in [-0.3, -0.25) is 4.79 Å². The van der Waals surface area contributed by atoms with Gasteiger partial charge in [0.05, 0.1) is 5.52 Å². The fraction of sp³-hybridized carbons (Fsp3) is 0.333. The van der Waals surface area contributed by atoms with E-state index >= 15 is 0 Å². The normalized spacial score (nSPS) is 11.5. The minimum absolute atomic E-state index is 0.153. The van der Waals surface area contributed by atoms with Gasteiger partial charge in [0.2, 0.25) is 0 Å². The third-order valence-electron chi connectivity index (χ3n) is 4.17. The van der Waals surface area contributed by atoms with Gasteiger partial charge in [0.15, 0.2) is 5.43 Å². The predicted octanol–water partition coefficient (Wildman–Crippen LogP) is 2.47. The quantitative estimate of drug-likeness (QED) is 0.756. The van der Waals surface area contributed by atoms with Gasteiger partial charge in [-0.15, -0.1) is 0 Å². The molecule has 6 heteroatoms. The minimum Gasteiger partial charge on any atom is -0.355 e. The largest absolute Gasteiger partial charge is 0.355 e. The zero-order chi connectivity index (χ0) is 17.1. The second-order valence-electron chi connectivity index (χ2n) is 6.12. The molecule has 0 spiro atoms. The second-order valence-corrected chi connectivity index (χ2v) is 6.12. The molecule has 3 rings (SSSR count). The van der Waals surface area contributed by atoms with E-state index in [4.69, 9.17) is 0 Å². The number of fused-ring (bicyclic) bond motifs is 1. The average Bonchev–Trinajstić information content (AvgIpc) is 2.94. The van der Waals surface area contributed by atoms with Gasteiger partial charge in [-0.2, -0.15) is 0 Å². The lowest BCUT2D eigenvalue weighted by atomic mass is 10.2. The maximum Gasteiger partial charge on any atom is 0.189 e. The van der Waals surface area contributed by atoms with Crippen molar-refractivity contribution in [2.24, 2.45) is 7.05 Å². The Balaban J connectivity index is 1.65. The highest BCUT2D eigenvalue weighted by Crippen LogP contribution is 2.13. The van der Waals surface area contributed by atoms with Crippen molar-refractivity contribution in [3.8, 4) is 0 Å². The van der Waals surface area contributed by atoms with Crippen LogP contribution in [0.4, 0.5) is 4.39 Å². The predicted molar refractivity (Wildman–Crippen MR) is 92.4 cm³/mol. The first-order valence-electron chi connectivity index (χ1n) is 8.00. The number of para-hydroxylation sites is 1. The van der Waals surface area contributed by atoms with E-state index in [0.717, 1.165) is 30.9 Å². The maximum atomic E-state index is 13.9. The molecular weight excluding hydrogens is 307 g/mol. The Morgan fingerprint density at radius 3 is 2.96 bits per heavy atom. The number of nitrogens with one attached hydrogen (secondary N) is 1. The molecule has 1 N–H and O–H groups in total. The van der Waals surface area contributed by atoms with Gasteiger partial charge >= 0.3 is 0 Å². The molecule has 2 heterocycles. The highest BCUT2D eigenvalue weighted by molar-refractivity contribution is 5.78. The van der Waals surface area contributed by atoms with Crippen molar-refractivity contribution in [2.75, 3.05) is 13.6 Å². The van der Waals surface area contributed by atoms with E-state index in [1.807, 2.05) is 24.9 Å². The number of H-pyrrole nitrogens is 1. The second kappa shape index (κ2) is 6.97. The average molecular weight is 328 g/mol. The number of aryl methyl sites for hydroxylation is 2. The third kappa shape index (κ3) is 3.54. The van der Waals surface area contributed by atoms with Crippen LogP contribution in [0.5, 0.6) is 0 Å². The molecule has 24 heavy (non-hydrogen) atoms. The van der Waals surface area contributed by atoms with Crippen LogP contribution in [0.2, 0.25) is 0 Å². The van der Waals surface area contributed by atoms with E-state index in [-0.39, 0.29) is 10.9 Å². The van der Waals surface area contributed by atoms with E-state index in [0.29, 0.717) is 11.9 Å². The summed E-state index contributed by atoms with van der Waals surface area (Å²) in [5.74, 6) is 0.661. The molecule has 0 bridgehead atoms. The lowest BCUT2D eigenvalue weighted by molar-refractivity contribution is 0.317. The summed E-state index contributed by atoms with van der Waals surface area (Å²) in [6, 6.07) is 6.10. The topological polar surface area (TPSA) is 53.9 Å². The van der Waals surface area contributed by atoms with Crippen LogP contribution in [-0.2, 0) is 20.0 Å². The van der Waals surface area contributed by atoms with Crippen molar-refractivity contribution in [3.63, 3.8) is 0 Å². The van der Waals surface area contributed by atoms with Gasteiger partial charge in [0.1, 0.15) is 11.6 Å². The minimum atomic E-state index is -0.399. The Hall–Kier alpha value is -2.47. The summed E-state index contributed by atoms with van der Waals surface area (Å²) < 4.78 is 15.9. The number of hydrogen-bond donors (Lipinski definition) is 1. The van der Waals surface area contributed by atoms with Crippen molar-refractivity contribution in [1.82, 2.24) is 19.4 Å². The SMILES string of the molecule is CN(CCCc1nccn1C)Cc1cc(=O)c2cccc(F)c2[nH]1. The van der Waals surface area contributed by atoms with Gasteiger partial charge < -0.3 is 14.5 Å². The molecule has 0 radical (unpaired) electrons. The summed E-state index contributed by atoms with van der Waals surface area (Å²) in [6.45, 7) is 1.43. The van der Waals surface area contributed by atoms with Gasteiger partial charge in [0, 0.05) is 49.6 Å². The van der Waals surface area contributed by atoms with Gasteiger partial charge in [-0.25, -0.2) is 9.37 Å². The van der Waals surface area contributed by atoms with Crippen molar-refractivity contribution in [2.45, 2.75) is 19.4 Å². The van der Waals surface area contributed by atoms with Crippen LogP contribution in [0.3, 0.4) is 0 Å². The van der Waals surface area contributed by atoms with Crippen LogP contribution in [0, 0.1) is 5.82 Å². The van der Waals surface area contributed by atoms with Gasteiger partial charge in [0.25, 0.3) is 0 Å². The molecule has 0 fully saturated rings. The van der Waals surface area contributed by atoms with Gasteiger partial charge in [-0.1, -0.05) is 6.07 Å². The molecule has 3 aromatic rings. The first-order valence-corrected chi connectivity index (χ1v) is 8.00. The smallest absolute Gasteiger partial charge is 0.189 e. The molecular formula is C18H21FN4O. The summed E-state index contributed by atoms with van der Waals surface area (Å²) in [7, 11) is 3.97. The Labute approximate surface area is 139 Å². The Morgan fingerprint density at radius 2 is 2.21 bits per heavy atom. The fourth-order valence-corrected chi connectivity index (χ4v) is 2.89. The Morgan fingerprint density at radius 1 is 1.38 bits per heavy atom. The van der Waals surface area contributed by atoms with Gasteiger partial charge in [-0.05, 0) is 32.1 Å². The number of aromatic nitrogens is 3. The van der Waals surface area contributed by atoms with Crippen LogP contribution in [0.1, 0.15) is 17.9 Å². The molecule has 5 nitrogen and oxygen atoms in total. The number of hydrogen-bond acceptors (Lipinski definition) is 3. The zero-order valence-electron chi connectivity index (χ0n) is 13.9. The molecule has 0 saturated heterocycles. The summed E-state index contributed by atoms with van der Waals surface area (Å²) >= 11 is 0. The number of rotatable bonds is 6. The molecule has 0 aliphatic carbocycles. The number of imidazole rings is 1. The fourth-order valence-electron chi connectivity index (χ4n) is 2.89. The highest BCUT2D eigenvalue weighted by atomic mass is 19.1. The third-order valence-corrected chi connectivity index (χ3v) is 4.17.